The van der Waals surface area contributed by atoms with E-state index in [0.717, 1.165) is 16.8 Å². The van der Waals surface area contributed by atoms with E-state index < -0.39 is 10.0 Å². The standard InChI is InChI=1S/C25H29ClN4O4S/c1-17-12-18(2)14-23(13-17)30(35(32,33)25-19(3)27-34-20(25)4)16-24(31)29-10-8-28(9-11-29)22-7-5-6-21(26)15-22/h5-7,12-15H,8-11,16H2,1-4H3. The lowest BCUT2D eigenvalue weighted by molar-refractivity contribution is -0.129. The largest absolute Gasteiger partial charge is 0.368 e. The molecule has 2 heterocycles. The van der Waals surface area contributed by atoms with E-state index in [-0.39, 0.29) is 28.8 Å². The first-order valence-electron chi connectivity index (χ1n) is 11.4. The molecular formula is C25H29ClN4O4S. The summed E-state index contributed by atoms with van der Waals surface area (Å²) >= 11 is 6.12. The molecule has 0 radical (unpaired) electrons. The van der Waals surface area contributed by atoms with Crippen molar-refractivity contribution >= 4 is 38.9 Å². The van der Waals surface area contributed by atoms with Gasteiger partial charge in [0.2, 0.25) is 5.91 Å². The summed E-state index contributed by atoms with van der Waals surface area (Å²) < 4.78 is 33.9. The van der Waals surface area contributed by atoms with Gasteiger partial charge in [0.1, 0.15) is 12.2 Å². The minimum atomic E-state index is -4.09. The Morgan fingerprint density at radius 3 is 2.26 bits per heavy atom. The molecule has 1 fully saturated rings. The maximum absolute atomic E-state index is 13.8. The van der Waals surface area contributed by atoms with Crippen LogP contribution in [0.4, 0.5) is 11.4 Å². The quantitative estimate of drug-likeness (QED) is 0.490. The molecule has 1 aliphatic heterocycles. The summed E-state index contributed by atoms with van der Waals surface area (Å²) in [6, 6.07) is 13.1. The van der Waals surface area contributed by atoms with Gasteiger partial charge in [-0.05, 0) is 69.2 Å². The van der Waals surface area contributed by atoms with Gasteiger partial charge in [0.05, 0.1) is 5.69 Å². The molecule has 8 nitrogen and oxygen atoms in total. The molecule has 0 N–H and O–H groups in total. The van der Waals surface area contributed by atoms with Crippen LogP contribution in [-0.2, 0) is 14.8 Å². The average molecular weight is 517 g/mol. The molecular weight excluding hydrogens is 488 g/mol. The van der Waals surface area contributed by atoms with E-state index in [0.29, 0.717) is 36.9 Å². The molecule has 0 spiro atoms. The number of benzene rings is 2. The number of hydrogen-bond acceptors (Lipinski definition) is 6. The Morgan fingerprint density at radius 1 is 1.03 bits per heavy atom. The zero-order chi connectivity index (χ0) is 25.3. The predicted molar refractivity (Wildman–Crippen MR) is 137 cm³/mol. The van der Waals surface area contributed by atoms with Gasteiger partial charge in [0.25, 0.3) is 10.0 Å². The second-order valence-electron chi connectivity index (χ2n) is 8.86. The van der Waals surface area contributed by atoms with Crippen LogP contribution in [0, 0.1) is 27.7 Å². The zero-order valence-corrected chi connectivity index (χ0v) is 21.9. The third-order valence-corrected chi connectivity index (χ3v) is 8.35. The van der Waals surface area contributed by atoms with Gasteiger partial charge in [-0.25, -0.2) is 8.42 Å². The van der Waals surface area contributed by atoms with E-state index in [1.165, 1.54) is 4.31 Å². The number of hydrogen-bond donors (Lipinski definition) is 0. The van der Waals surface area contributed by atoms with Crippen molar-refractivity contribution in [3.63, 3.8) is 0 Å². The number of nitrogens with zero attached hydrogens (tertiary/aromatic N) is 4. The molecule has 1 amide bonds. The third-order valence-electron chi connectivity index (χ3n) is 6.09. The van der Waals surface area contributed by atoms with Crippen molar-refractivity contribution in [3.8, 4) is 0 Å². The Morgan fingerprint density at radius 2 is 1.69 bits per heavy atom. The Bertz CT molecular complexity index is 1310. The number of halogens is 1. The Labute approximate surface area is 211 Å². The van der Waals surface area contributed by atoms with Crippen molar-refractivity contribution < 1.29 is 17.7 Å². The molecule has 0 unspecified atom stereocenters. The number of sulfonamides is 1. The minimum Gasteiger partial charge on any atom is -0.368 e. The van der Waals surface area contributed by atoms with Crippen LogP contribution in [0.3, 0.4) is 0 Å². The summed E-state index contributed by atoms with van der Waals surface area (Å²) in [5.41, 5.74) is 3.51. The van der Waals surface area contributed by atoms with Crippen molar-refractivity contribution in [1.82, 2.24) is 10.1 Å². The van der Waals surface area contributed by atoms with Crippen LogP contribution in [0.1, 0.15) is 22.6 Å². The van der Waals surface area contributed by atoms with Gasteiger partial charge in [-0.15, -0.1) is 0 Å². The Kier molecular flexibility index (Phi) is 7.10. The molecule has 3 aromatic rings. The fraction of sp³-hybridized carbons (Fsp3) is 0.360. The van der Waals surface area contributed by atoms with Crippen molar-refractivity contribution in [2.45, 2.75) is 32.6 Å². The molecule has 10 heteroatoms. The smallest absolute Gasteiger partial charge is 0.270 e. The number of anilines is 2. The highest BCUT2D eigenvalue weighted by atomic mass is 35.5. The van der Waals surface area contributed by atoms with Crippen LogP contribution in [-0.4, -0.2) is 57.1 Å². The highest BCUT2D eigenvalue weighted by Crippen LogP contribution is 2.30. The molecule has 35 heavy (non-hydrogen) atoms. The summed E-state index contributed by atoms with van der Waals surface area (Å²) in [5, 5.41) is 4.48. The zero-order valence-electron chi connectivity index (χ0n) is 20.3. The predicted octanol–water partition coefficient (Wildman–Crippen LogP) is 4.11. The van der Waals surface area contributed by atoms with Crippen LogP contribution in [0.25, 0.3) is 0 Å². The summed E-state index contributed by atoms with van der Waals surface area (Å²) in [6.45, 7) is 8.85. The maximum Gasteiger partial charge on any atom is 0.270 e. The molecule has 1 aromatic heterocycles. The van der Waals surface area contributed by atoms with E-state index in [1.54, 1.807) is 30.9 Å². The number of carbonyl (C=O) groups excluding carboxylic acids is 1. The van der Waals surface area contributed by atoms with Crippen LogP contribution < -0.4 is 9.21 Å². The molecule has 0 aliphatic carbocycles. The number of aromatic nitrogens is 1. The molecule has 4 rings (SSSR count). The second-order valence-corrected chi connectivity index (χ2v) is 11.1. The lowest BCUT2D eigenvalue weighted by Gasteiger charge is -2.37. The van der Waals surface area contributed by atoms with Crippen LogP contribution in [0.5, 0.6) is 0 Å². The van der Waals surface area contributed by atoms with Crippen LogP contribution in [0.2, 0.25) is 5.02 Å². The second kappa shape index (κ2) is 9.91. The molecule has 2 aromatic carbocycles. The summed E-state index contributed by atoms with van der Waals surface area (Å²) in [6.07, 6.45) is 0. The molecule has 186 valence electrons. The van der Waals surface area contributed by atoms with Crippen molar-refractivity contribution in [2.75, 3.05) is 41.9 Å². The Balaban J connectivity index is 1.59. The summed E-state index contributed by atoms with van der Waals surface area (Å²) in [7, 11) is -4.09. The normalized spacial score (nSPS) is 14.3. The number of carbonyl (C=O) groups is 1. The fourth-order valence-electron chi connectivity index (χ4n) is 4.47. The topological polar surface area (TPSA) is 87.0 Å². The molecule has 0 bridgehead atoms. The SMILES string of the molecule is Cc1cc(C)cc(N(CC(=O)N2CCN(c3cccc(Cl)c3)CC2)S(=O)(=O)c2c(C)noc2C)c1. The van der Waals surface area contributed by atoms with Gasteiger partial charge in [0.15, 0.2) is 10.7 Å². The first-order chi connectivity index (χ1) is 16.6. The van der Waals surface area contributed by atoms with Gasteiger partial charge < -0.3 is 14.3 Å². The minimum absolute atomic E-state index is 0.00441. The van der Waals surface area contributed by atoms with E-state index >= 15 is 0 Å². The number of rotatable bonds is 6. The number of aryl methyl sites for hydroxylation is 4. The van der Waals surface area contributed by atoms with Crippen molar-refractivity contribution in [2.24, 2.45) is 0 Å². The Hall–Kier alpha value is -3.04. The molecule has 0 saturated carbocycles. The fourth-order valence-corrected chi connectivity index (χ4v) is 6.35. The summed E-state index contributed by atoms with van der Waals surface area (Å²) in [5.74, 6) is -0.0651. The van der Waals surface area contributed by atoms with Gasteiger partial charge in [-0.1, -0.05) is 28.9 Å². The average Bonchev–Trinajstić information content (AvgIpc) is 3.15. The van der Waals surface area contributed by atoms with Gasteiger partial charge >= 0.3 is 0 Å². The molecule has 1 saturated heterocycles. The molecule has 0 atom stereocenters. The lowest BCUT2D eigenvalue weighted by Crippen LogP contribution is -2.52. The van der Waals surface area contributed by atoms with E-state index in [1.807, 2.05) is 44.2 Å². The van der Waals surface area contributed by atoms with Gasteiger partial charge in [-0.2, -0.15) is 0 Å². The van der Waals surface area contributed by atoms with E-state index in [2.05, 4.69) is 10.1 Å². The number of amides is 1. The monoisotopic (exact) mass is 516 g/mol. The van der Waals surface area contributed by atoms with Crippen molar-refractivity contribution in [3.05, 3.63) is 70.1 Å². The highest BCUT2D eigenvalue weighted by Gasteiger charge is 2.34. The van der Waals surface area contributed by atoms with E-state index in [4.69, 9.17) is 16.1 Å². The van der Waals surface area contributed by atoms with Gasteiger partial charge in [-0.3, -0.25) is 9.10 Å². The maximum atomic E-state index is 13.8. The van der Waals surface area contributed by atoms with Crippen molar-refractivity contribution in [1.29, 1.82) is 0 Å². The van der Waals surface area contributed by atoms with Crippen LogP contribution >= 0.6 is 11.6 Å². The number of piperazine rings is 1. The summed E-state index contributed by atoms with van der Waals surface area (Å²) in [4.78, 5) is 17.2. The lowest BCUT2D eigenvalue weighted by atomic mass is 10.1. The van der Waals surface area contributed by atoms with E-state index in [9.17, 15) is 13.2 Å². The first kappa shape index (κ1) is 25.1. The molecule has 1 aliphatic rings. The van der Waals surface area contributed by atoms with Gasteiger partial charge in [0, 0.05) is 36.9 Å². The first-order valence-corrected chi connectivity index (χ1v) is 13.2. The third kappa shape index (κ3) is 5.31. The van der Waals surface area contributed by atoms with Crippen LogP contribution in [0.15, 0.2) is 51.9 Å². The highest BCUT2D eigenvalue weighted by molar-refractivity contribution is 7.93.